The van der Waals surface area contributed by atoms with E-state index < -0.39 is 0 Å². The summed E-state index contributed by atoms with van der Waals surface area (Å²) in [5.41, 5.74) is 1.52. The van der Waals surface area contributed by atoms with E-state index in [0.717, 1.165) is 44.3 Å². The third kappa shape index (κ3) is 4.61. The molecule has 1 amide bonds. The summed E-state index contributed by atoms with van der Waals surface area (Å²) in [6, 6.07) is 7.40. The molecule has 2 aromatic rings. The van der Waals surface area contributed by atoms with Gasteiger partial charge in [-0.15, -0.1) is 0 Å². The van der Waals surface area contributed by atoms with Crippen LogP contribution in [-0.4, -0.2) is 58.2 Å². The standard InChI is InChI=1S/C19H25ClN4O/c1-15(2)7-8-22-9-11-23(12-10-22)19(25)16-13-21-24(14-16)18-5-3-17(20)4-6-18/h3-6,13-15H,7-12H2,1-2H3. The number of aromatic nitrogens is 2. The summed E-state index contributed by atoms with van der Waals surface area (Å²) in [5.74, 6) is 0.780. The van der Waals surface area contributed by atoms with Gasteiger partial charge < -0.3 is 4.90 Å². The second kappa shape index (κ2) is 8.02. The summed E-state index contributed by atoms with van der Waals surface area (Å²) < 4.78 is 1.71. The molecule has 0 unspecified atom stereocenters. The van der Waals surface area contributed by atoms with Crippen molar-refractivity contribution in [1.82, 2.24) is 19.6 Å². The Hall–Kier alpha value is -1.85. The second-order valence-electron chi connectivity index (χ2n) is 6.97. The van der Waals surface area contributed by atoms with Crippen molar-refractivity contribution in [1.29, 1.82) is 0 Å². The molecule has 6 heteroatoms. The van der Waals surface area contributed by atoms with Crippen LogP contribution in [0, 0.1) is 5.92 Å². The summed E-state index contributed by atoms with van der Waals surface area (Å²) in [6.45, 7) is 9.07. The summed E-state index contributed by atoms with van der Waals surface area (Å²) in [7, 11) is 0. The molecule has 134 valence electrons. The van der Waals surface area contributed by atoms with Crippen LogP contribution in [0.5, 0.6) is 0 Å². The topological polar surface area (TPSA) is 41.4 Å². The number of piperazine rings is 1. The summed E-state index contributed by atoms with van der Waals surface area (Å²) in [4.78, 5) is 17.1. The van der Waals surface area contributed by atoms with E-state index in [1.165, 1.54) is 6.42 Å². The molecule has 1 aromatic carbocycles. The number of nitrogens with zero attached hydrogens (tertiary/aromatic N) is 4. The van der Waals surface area contributed by atoms with Crippen molar-refractivity contribution in [2.45, 2.75) is 20.3 Å². The molecule has 1 aliphatic heterocycles. The Morgan fingerprint density at radius 3 is 2.48 bits per heavy atom. The lowest BCUT2D eigenvalue weighted by Crippen LogP contribution is -2.48. The minimum atomic E-state index is 0.0590. The molecule has 5 nitrogen and oxygen atoms in total. The zero-order valence-electron chi connectivity index (χ0n) is 14.9. The summed E-state index contributed by atoms with van der Waals surface area (Å²) in [6.07, 6.45) is 4.64. The van der Waals surface area contributed by atoms with Crippen LogP contribution in [0.1, 0.15) is 30.6 Å². The van der Waals surface area contributed by atoms with E-state index in [4.69, 9.17) is 11.6 Å². The van der Waals surface area contributed by atoms with Crippen molar-refractivity contribution < 1.29 is 4.79 Å². The Bertz CT molecular complexity index is 702. The molecule has 0 bridgehead atoms. The molecule has 0 N–H and O–H groups in total. The van der Waals surface area contributed by atoms with Crippen molar-refractivity contribution in [3.63, 3.8) is 0 Å². The Kier molecular flexibility index (Phi) is 5.76. The fraction of sp³-hybridized carbons (Fsp3) is 0.474. The second-order valence-corrected chi connectivity index (χ2v) is 7.40. The van der Waals surface area contributed by atoms with Gasteiger partial charge in [0, 0.05) is 37.4 Å². The molecule has 0 aliphatic carbocycles. The average Bonchev–Trinajstić information content (AvgIpc) is 3.10. The monoisotopic (exact) mass is 360 g/mol. The van der Waals surface area contributed by atoms with Gasteiger partial charge in [0.25, 0.3) is 5.91 Å². The third-order valence-electron chi connectivity index (χ3n) is 4.60. The molecule has 0 radical (unpaired) electrons. The summed E-state index contributed by atoms with van der Waals surface area (Å²) in [5, 5.41) is 4.99. The highest BCUT2D eigenvalue weighted by Crippen LogP contribution is 2.15. The molecule has 1 aliphatic rings. The number of hydrogen-bond acceptors (Lipinski definition) is 3. The van der Waals surface area contributed by atoms with Crippen LogP contribution in [-0.2, 0) is 0 Å². The van der Waals surface area contributed by atoms with Gasteiger partial charge >= 0.3 is 0 Å². The van der Waals surface area contributed by atoms with E-state index in [-0.39, 0.29) is 5.91 Å². The van der Waals surface area contributed by atoms with Gasteiger partial charge in [0.1, 0.15) is 0 Å². The van der Waals surface area contributed by atoms with E-state index >= 15 is 0 Å². The van der Waals surface area contributed by atoms with Crippen LogP contribution < -0.4 is 0 Å². The number of hydrogen-bond donors (Lipinski definition) is 0. The van der Waals surface area contributed by atoms with Crippen LogP contribution in [0.25, 0.3) is 5.69 Å². The predicted octanol–water partition coefficient (Wildman–Crippen LogP) is 3.33. The molecule has 1 fully saturated rings. The molecule has 0 atom stereocenters. The Morgan fingerprint density at radius 1 is 1.16 bits per heavy atom. The predicted molar refractivity (Wildman–Crippen MR) is 100 cm³/mol. The van der Waals surface area contributed by atoms with Crippen LogP contribution in [0.4, 0.5) is 0 Å². The fourth-order valence-corrected chi connectivity index (χ4v) is 3.09. The first-order valence-corrected chi connectivity index (χ1v) is 9.23. The molecule has 0 saturated carbocycles. The Labute approximate surface area is 154 Å². The highest BCUT2D eigenvalue weighted by Gasteiger charge is 2.23. The van der Waals surface area contributed by atoms with Crippen molar-refractivity contribution >= 4 is 17.5 Å². The van der Waals surface area contributed by atoms with Crippen molar-refractivity contribution in [3.8, 4) is 5.69 Å². The van der Waals surface area contributed by atoms with Gasteiger partial charge in [0.05, 0.1) is 17.4 Å². The lowest BCUT2D eigenvalue weighted by Gasteiger charge is -2.34. The van der Waals surface area contributed by atoms with Gasteiger partial charge in [0.15, 0.2) is 0 Å². The molecule has 1 aromatic heterocycles. The normalized spacial score (nSPS) is 15.8. The van der Waals surface area contributed by atoms with Gasteiger partial charge in [0.2, 0.25) is 0 Å². The van der Waals surface area contributed by atoms with E-state index in [2.05, 4.69) is 23.8 Å². The zero-order chi connectivity index (χ0) is 17.8. The van der Waals surface area contributed by atoms with E-state index in [9.17, 15) is 4.79 Å². The maximum absolute atomic E-state index is 12.7. The average molecular weight is 361 g/mol. The van der Waals surface area contributed by atoms with Gasteiger partial charge in [-0.2, -0.15) is 5.10 Å². The molecule has 1 saturated heterocycles. The first-order chi connectivity index (χ1) is 12.0. The van der Waals surface area contributed by atoms with Gasteiger partial charge in [-0.3, -0.25) is 9.69 Å². The minimum Gasteiger partial charge on any atom is -0.336 e. The summed E-state index contributed by atoms with van der Waals surface area (Å²) >= 11 is 5.91. The minimum absolute atomic E-state index is 0.0590. The smallest absolute Gasteiger partial charge is 0.257 e. The number of rotatable bonds is 5. The lowest BCUT2D eigenvalue weighted by atomic mass is 10.1. The molecular weight excluding hydrogens is 336 g/mol. The van der Waals surface area contributed by atoms with Crippen LogP contribution in [0.3, 0.4) is 0 Å². The first-order valence-electron chi connectivity index (χ1n) is 8.85. The van der Waals surface area contributed by atoms with Gasteiger partial charge in [-0.25, -0.2) is 4.68 Å². The van der Waals surface area contributed by atoms with E-state index in [1.54, 1.807) is 17.1 Å². The number of carbonyl (C=O) groups excluding carboxylic acids is 1. The van der Waals surface area contributed by atoms with Gasteiger partial charge in [-0.1, -0.05) is 25.4 Å². The molecule has 25 heavy (non-hydrogen) atoms. The Balaban J connectivity index is 1.58. The van der Waals surface area contributed by atoms with E-state index in [0.29, 0.717) is 10.6 Å². The first kappa shape index (κ1) is 18.0. The van der Waals surface area contributed by atoms with E-state index in [1.807, 2.05) is 29.2 Å². The quantitative estimate of drug-likeness (QED) is 0.821. The number of benzene rings is 1. The molecule has 0 spiro atoms. The van der Waals surface area contributed by atoms with Crippen LogP contribution in [0.2, 0.25) is 5.02 Å². The van der Waals surface area contributed by atoms with Crippen LogP contribution in [0.15, 0.2) is 36.7 Å². The lowest BCUT2D eigenvalue weighted by molar-refractivity contribution is 0.0632. The highest BCUT2D eigenvalue weighted by molar-refractivity contribution is 6.30. The maximum atomic E-state index is 12.7. The fourth-order valence-electron chi connectivity index (χ4n) is 2.97. The van der Waals surface area contributed by atoms with Gasteiger partial charge in [-0.05, 0) is 43.1 Å². The molecular formula is C19H25ClN4O. The molecule has 2 heterocycles. The number of carbonyl (C=O) groups is 1. The van der Waals surface area contributed by atoms with Crippen LogP contribution >= 0.6 is 11.6 Å². The largest absolute Gasteiger partial charge is 0.336 e. The zero-order valence-corrected chi connectivity index (χ0v) is 15.6. The van der Waals surface area contributed by atoms with Crippen molar-refractivity contribution in [2.75, 3.05) is 32.7 Å². The highest BCUT2D eigenvalue weighted by atomic mass is 35.5. The number of amides is 1. The van der Waals surface area contributed by atoms with Crippen molar-refractivity contribution in [3.05, 3.63) is 47.2 Å². The number of halogens is 1. The third-order valence-corrected chi connectivity index (χ3v) is 4.85. The molecule has 3 rings (SSSR count). The Morgan fingerprint density at radius 2 is 1.84 bits per heavy atom. The SMILES string of the molecule is CC(C)CCN1CCN(C(=O)c2cnn(-c3ccc(Cl)cc3)c2)CC1. The van der Waals surface area contributed by atoms with Crippen molar-refractivity contribution in [2.24, 2.45) is 5.92 Å². The maximum Gasteiger partial charge on any atom is 0.257 e.